The highest BCUT2D eigenvalue weighted by atomic mass is 16.7. The van der Waals surface area contributed by atoms with Gasteiger partial charge in [-0.25, -0.2) is 10.3 Å². The molecule has 0 aromatic heterocycles. The number of anilines is 2. The van der Waals surface area contributed by atoms with Gasteiger partial charge in [-0.1, -0.05) is 54.6 Å². The summed E-state index contributed by atoms with van der Waals surface area (Å²) in [5.74, 6) is 1.47. The molecule has 2 N–H and O–H groups in total. The monoisotopic (exact) mass is 414 g/mol. The van der Waals surface area contributed by atoms with Crippen LogP contribution in [-0.2, 0) is 9.63 Å². The van der Waals surface area contributed by atoms with E-state index in [9.17, 15) is 4.79 Å². The normalized spacial score (nSPS) is 10.4. The van der Waals surface area contributed by atoms with Gasteiger partial charge in [-0.05, 0) is 35.7 Å². The van der Waals surface area contributed by atoms with Gasteiger partial charge in [0.1, 0.15) is 18.0 Å². The summed E-state index contributed by atoms with van der Waals surface area (Å²) in [7, 11) is 1.60. The molecule has 6 nitrogen and oxygen atoms in total. The lowest BCUT2D eigenvalue weighted by molar-refractivity contribution is -0.138. The molecule has 0 unspecified atom stereocenters. The van der Waals surface area contributed by atoms with Crippen molar-refractivity contribution in [2.45, 2.75) is 0 Å². The van der Waals surface area contributed by atoms with Crippen LogP contribution in [0.3, 0.4) is 0 Å². The Kier molecular flexibility index (Phi) is 6.18. The van der Waals surface area contributed by atoms with Crippen molar-refractivity contribution in [1.29, 1.82) is 0 Å². The molecule has 0 saturated heterocycles. The van der Waals surface area contributed by atoms with Crippen LogP contribution in [0.2, 0.25) is 0 Å². The molecule has 0 aliphatic rings. The maximum Gasteiger partial charge on any atom is 0.350 e. The highest BCUT2D eigenvalue weighted by Crippen LogP contribution is 2.31. The number of rotatable bonds is 8. The van der Waals surface area contributed by atoms with Crippen LogP contribution >= 0.6 is 0 Å². The van der Waals surface area contributed by atoms with E-state index in [-0.39, 0.29) is 6.54 Å². The Bertz CT molecular complexity index is 1190. The molecule has 0 atom stereocenters. The summed E-state index contributed by atoms with van der Waals surface area (Å²) >= 11 is 0. The van der Waals surface area contributed by atoms with E-state index in [1.54, 1.807) is 13.2 Å². The van der Waals surface area contributed by atoms with Gasteiger partial charge in [0.25, 0.3) is 0 Å². The molecule has 0 heterocycles. The molecule has 0 radical (unpaired) electrons. The molecular formula is C25H22N2O4. The Balaban J connectivity index is 1.37. The fourth-order valence-electron chi connectivity index (χ4n) is 3.12. The van der Waals surface area contributed by atoms with Crippen LogP contribution in [-0.4, -0.2) is 19.6 Å². The number of fused-ring (bicyclic) bond motifs is 1. The first-order chi connectivity index (χ1) is 15.2. The zero-order valence-corrected chi connectivity index (χ0v) is 17.0. The topological polar surface area (TPSA) is 68.8 Å². The SMILES string of the molecule is COc1cccc(Oc2ccccc2NCC(=O)ONc2cccc3ccccc23)c1. The second-order valence-electron chi connectivity index (χ2n) is 6.73. The number of benzene rings is 4. The van der Waals surface area contributed by atoms with E-state index in [2.05, 4.69) is 10.8 Å². The Labute approximate surface area is 180 Å². The van der Waals surface area contributed by atoms with Crippen molar-refractivity contribution >= 4 is 28.1 Å². The molecule has 4 aromatic rings. The van der Waals surface area contributed by atoms with Crippen molar-refractivity contribution in [3.05, 3.63) is 91.0 Å². The van der Waals surface area contributed by atoms with E-state index < -0.39 is 5.97 Å². The van der Waals surface area contributed by atoms with E-state index >= 15 is 0 Å². The largest absolute Gasteiger partial charge is 0.497 e. The van der Waals surface area contributed by atoms with E-state index in [0.717, 1.165) is 16.5 Å². The second kappa shape index (κ2) is 9.54. The quantitative estimate of drug-likeness (QED) is 0.365. The van der Waals surface area contributed by atoms with Crippen LogP contribution in [0.15, 0.2) is 91.0 Å². The van der Waals surface area contributed by atoms with Gasteiger partial charge in [0.2, 0.25) is 0 Å². The van der Waals surface area contributed by atoms with Gasteiger partial charge in [-0.2, -0.15) is 0 Å². The molecule has 4 aromatic carbocycles. The molecule has 0 spiro atoms. The summed E-state index contributed by atoms with van der Waals surface area (Å²) in [6.45, 7) is -0.0315. The van der Waals surface area contributed by atoms with Crippen molar-refractivity contribution in [2.75, 3.05) is 24.5 Å². The summed E-state index contributed by atoms with van der Waals surface area (Å²) in [6.07, 6.45) is 0. The number of hydrogen-bond acceptors (Lipinski definition) is 6. The predicted octanol–water partition coefficient (Wildman–Crippen LogP) is 5.62. The summed E-state index contributed by atoms with van der Waals surface area (Å²) in [4.78, 5) is 17.5. The first-order valence-electron chi connectivity index (χ1n) is 9.81. The third-order valence-electron chi connectivity index (χ3n) is 4.64. The second-order valence-corrected chi connectivity index (χ2v) is 6.73. The minimum absolute atomic E-state index is 0.0315. The molecule has 0 aliphatic carbocycles. The Hall–Kier alpha value is -4.19. The van der Waals surface area contributed by atoms with Crippen LogP contribution in [0, 0.1) is 0 Å². The van der Waals surface area contributed by atoms with Gasteiger partial charge in [-0.15, -0.1) is 0 Å². The Morgan fingerprint density at radius 1 is 0.806 bits per heavy atom. The number of methoxy groups -OCH3 is 1. The van der Waals surface area contributed by atoms with Crippen LogP contribution in [0.5, 0.6) is 17.2 Å². The fourth-order valence-corrected chi connectivity index (χ4v) is 3.12. The molecule has 6 heteroatoms. The number of para-hydroxylation sites is 2. The summed E-state index contributed by atoms with van der Waals surface area (Å²) in [5.41, 5.74) is 4.16. The van der Waals surface area contributed by atoms with Crippen molar-refractivity contribution in [3.8, 4) is 17.2 Å². The van der Waals surface area contributed by atoms with Gasteiger partial charge in [0, 0.05) is 11.5 Å². The molecule has 0 bridgehead atoms. The van der Waals surface area contributed by atoms with Gasteiger partial charge in [-0.3, -0.25) is 0 Å². The third kappa shape index (κ3) is 5.05. The molecule has 0 fully saturated rings. The minimum Gasteiger partial charge on any atom is -0.497 e. The first-order valence-corrected chi connectivity index (χ1v) is 9.81. The van der Waals surface area contributed by atoms with Gasteiger partial charge in [0.05, 0.1) is 18.5 Å². The molecule has 31 heavy (non-hydrogen) atoms. The van der Waals surface area contributed by atoms with Crippen LogP contribution in [0.1, 0.15) is 0 Å². The maximum absolute atomic E-state index is 12.3. The maximum atomic E-state index is 12.3. The zero-order chi connectivity index (χ0) is 21.5. The van der Waals surface area contributed by atoms with Crippen molar-refractivity contribution < 1.29 is 19.1 Å². The zero-order valence-electron chi connectivity index (χ0n) is 17.0. The van der Waals surface area contributed by atoms with Crippen LogP contribution in [0.25, 0.3) is 10.8 Å². The van der Waals surface area contributed by atoms with Crippen LogP contribution in [0.4, 0.5) is 11.4 Å². The lowest BCUT2D eigenvalue weighted by Crippen LogP contribution is -2.20. The van der Waals surface area contributed by atoms with Crippen LogP contribution < -0.4 is 20.3 Å². The van der Waals surface area contributed by atoms with Gasteiger partial charge in [0.15, 0.2) is 5.75 Å². The highest BCUT2D eigenvalue weighted by molar-refractivity contribution is 5.93. The Morgan fingerprint density at radius 2 is 1.52 bits per heavy atom. The molecule has 156 valence electrons. The highest BCUT2D eigenvalue weighted by Gasteiger charge is 2.09. The third-order valence-corrected chi connectivity index (χ3v) is 4.64. The lowest BCUT2D eigenvalue weighted by Gasteiger charge is -2.14. The summed E-state index contributed by atoms with van der Waals surface area (Å²) < 4.78 is 11.2. The van der Waals surface area contributed by atoms with E-state index in [1.165, 1.54) is 0 Å². The number of carbonyl (C=O) groups excluding carboxylic acids is 1. The summed E-state index contributed by atoms with van der Waals surface area (Å²) in [5, 5.41) is 5.10. The van der Waals surface area contributed by atoms with E-state index in [1.807, 2.05) is 84.9 Å². The Morgan fingerprint density at radius 3 is 2.42 bits per heavy atom. The number of ether oxygens (including phenoxy) is 2. The molecule has 0 amide bonds. The fraction of sp³-hybridized carbons (Fsp3) is 0.0800. The van der Waals surface area contributed by atoms with E-state index in [4.69, 9.17) is 14.3 Å². The molecule has 0 saturated carbocycles. The average molecular weight is 414 g/mol. The van der Waals surface area contributed by atoms with Crippen molar-refractivity contribution in [1.82, 2.24) is 0 Å². The van der Waals surface area contributed by atoms with Crippen molar-refractivity contribution in [3.63, 3.8) is 0 Å². The number of hydrogen-bond donors (Lipinski definition) is 2. The molecule has 4 rings (SSSR count). The standard InChI is InChI=1S/C25H22N2O4/c1-29-19-10-7-11-20(16-19)30-24-15-5-4-13-23(24)26-17-25(28)31-27-22-14-6-9-18-8-2-3-12-21(18)22/h2-16,26-27H,17H2,1H3. The molecular weight excluding hydrogens is 392 g/mol. The van der Waals surface area contributed by atoms with E-state index in [0.29, 0.717) is 22.9 Å². The molecule has 0 aliphatic heterocycles. The average Bonchev–Trinajstić information content (AvgIpc) is 2.82. The number of carbonyl (C=O) groups is 1. The van der Waals surface area contributed by atoms with Gasteiger partial charge >= 0.3 is 5.97 Å². The number of nitrogens with one attached hydrogen (secondary N) is 2. The first kappa shape index (κ1) is 20.1. The predicted molar refractivity (Wildman–Crippen MR) is 122 cm³/mol. The summed E-state index contributed by atoms with van der Waals surface area (Å²) in [6, 6.07) is 28.3. The minimum atomic E-state index is -0.455. The van der Waals surface area contributed by atoms with Gasteiger partial charge < -0.3 is 19.6 Å². The van der Waals surface area contributed by atoms with Crippen molar-refractivity contribution in [2.24, 2.45) is 0 Å². The lowest BCUT2D eigenvalue weighted by atomic mass is 10.1. The smallest absolute Gasteiger partial charge is 0.350 e.